The number of carbonyl (C=O) groups is 2. The highest BCUT2D eigenvalue weighted by Crippen LogP contribution is 2.25. The largest absolute Gasteiger partial charge is 0.465 e. The number of aromatic amines is 1. The van der Waals surface area contributed by atoms with Crippen LogP contribution in [-0.2, 0) is 4.74 Å². The maximum Gasteiger partial charge on any atom is 0.344 e. The summed E-state index contributed by atoms with van der Waals surface area (Å²) in [6.45, 7) is 1.94. The highest BCUT2D eigenvalue weighted by atomic mass is 32.2. The second-order valence-corrected chi connectivity index (χ2v) is 5.09. The molecule has 0 aliphatic carbocycles. The van der Waals surface area contributed by atoms with Crippen molar-refractivity contribution in [3.63, 3.8) is 0 Å². The predicted molar refractivity (Wildman–Crippen MR) is 80.8 cm³/mol. The van der Waals surface area contributed by atoms with Gasteiger partial charge in [-0.2, -0.15) is 5.10 Å². The van der Waals surface area contributed by atoms with Gasteiger partial charge in [0.1, 0.15) is 16.4 Å². The van der Waals surface area contributed by atoms with E-state index in [-0.39, 0.29) is 17.3 Å². The number of aryl methyl sites for hydroxylation is 1. The lowest BCUT2D eigenvalue weighted by molar-refractivity contribution is 0.0598. The van der Waals surface area contributed by atoms with Crippen LogP contribution >= 0.6 is 11.8 Å². The number of anilines is 1. The summed E-state index contributed by atoms with van der Waals surface area (Å²) in [5, 5.41) is 9.75. The van der Waals surface area contributed by atoms with Crippen LogP contribution in [-0.4, -0.2) is 35.4 Å². The Morgan fingerprint density at radius 1 is 1.29 bits per heavy atom. The molecule has 0 fully saturated rings. The van der Waals surface area contributed by atoms with Gasteiger partial charge in [0, 0.05) is 5.56 Å². The van der Waals surface area contributed by atoms with Crippen molar-refractivity contribution >= 4 is 29.5 Å². The summed E-state index contributed by atoms with van der Waals surface area (Å²) in [5.41, 5.74) is 1.79. The zero-order chi connectivity index (χ0) is 15.4. The van der Waals surface area contributed by atoms with Gasteiger partial charge in [-0.25, -0.2) is 4.79 Å². The standard InChI is InChI=1S/C14H15N3O3S/c1-8-4-6-9(7-5-8)12(18)15-11-10(14(19)20-2)13(21-3)17-16-11/h4-7H,1-3H3,(H2,15,16,17,18). The number of hydrogen-bond donors (Lipinski definition) is 2. The molecular weight excluding hydrogens is 290 g/mol. The molecule has 0 atom stereocenters. The third-order valence-electron chi connectivity index (χ3n) is 2.87. The van der Waals surface area contributed by atoms with Crippen molar-refractivity contribution in [2.24, 2.45) is 0 Å². The Morgan fingerprint density at radius 2 is 1.95 bits per heavy atom. The van der Waals surface area contributed by atoms with E-state index >= 15 is 0 Å². The third kappa shape index (κ3) is 3.25. The van der Waals surface area contributed by atoms with Crippen molar-refractivity contribution in [2.75, 3.05) is 18.7 Å². The lowest BCUT2D eigenvalue weighted by Gasteiger charge is -2.06. The van der Waals surface area contributed by atoms with Crippen molar-refractivity contribution < 1.29 is 14.3 Å². The van der Waals surface area contributed by atoms with Gasteiger partial charge in [-0.05, 0) is 25.3 Å². The number of thioether (sulfide) groups is 1. The highest BCUT2D eigenvalue weighted by Gasteiger charge is 2.22. The molecule has 0 saturated carbocycles. The normalized spacial score (nSPS) is 10.2. The monoisotopic (exact) mass is 305 g/mol. The quantitative estimate of drug-likeness (QED) is 0.669. The van der Waals surface area contributed by atoms with Crippen molar-refractivity contribution in [3.8, 4) is 0 Å². The van der Waals surface area contributed by atoms with Gasteiger partial charge in [-0.3, -0.25) is 9.89 Å². The Labute approximate surface area is 126 Å². The summed E-state index contributed by atoms with van der Waals surface area (Å²) >= 11 is 1.29. The highest BCUT2D eigenvalue weighted by molar-refractivity contribution is 7.98. The number of benzene rings is 1. The smallest absolute Gasteiger partial charge is 0.344 e. The van der Waals surface area contributed by atoms with Crippen LogP contribution < -0.4 is 5.32 Å². The van der Waals surface area contributed by atoms with Gasteiger partial charge in [0.25, 0.3) is 5.91 Å². The van der Waals surface area contributed by atoms with Crippen LogP contribution in [0.5, 0.6) is 0 Å². The molecule has 1 aromatic heterocycles. The molecule has 2 N–H and O–H groups in total. The molecular formula is C14H15N3O3S. The minimum Gasteiger partial charge on any atom is -0.465 e. The second kappa shape index (κ2) is 6.45. The molecule has 1 heterocycles. The molecule has 0 bridgehead atoms. The number of esters is 1. The molecule has 2 aromatic rings. The van der Waals surface area contributed by atoms with Gasteiger partial charge >= 0.3 is 5.97 Å². The van der Waals surface area contributed by atoms with E-state index in [2.05, 4.69) is 15.5 Å². The van der Waals surface area contributed by atoms with Crippen LogP contribution in [0.1, 0.15) is 26.3 Å². The van der Waals surface area contributed by atoms with Crippen molar-refractivity contribution in [1.82, 2.24) is 10.2 Å². The maximum atomic E-state index is 12.2. The lowest BCUT2D eigenvalue weighted by Crippen LogP contribution is -2.15. The van der Waals surface area contributed by atoms with E-state index in [0.29, 0.717) is 10.6 Å². The first kappa shape index (κ1) is 15.1. The first-order valence-electron chi connectivity index (χ1n) is 6.15. The summed E-state index contributed by atoms with van der Waals surface area (Å²) < 4.78 is 4.72. The molecule has 0 aliphatic heterocycles. The fourth-order valence-corrected chi connectivity index (χ4v) is 2.27. The summed E-state index contributed by atoms with van der Waals surface area (Å²) in [6.07, 6.45) is 1.79. The molecule has 2 rings (SSSR count). The minimum atomic E-state index is -0.549. The van der Waals surface area contributed by atoms with E-state index in [1.807, 2.05) is 19.1 Å². The SMILES string of the molecule is COC(=O)c1c(SC)n[nH]c1NC(=O)c1ccc(C)cc1. The molecule has 0 spiro atoms. The molecule has 0 aliphatic rings. The Balaban J connectivity index is 2.27. The topological polar surface area (TPSA) is 84.1 Å². The molecule has 0 saturated heterocycles. The van der Waals surface area contributed by atoms with E-state index in [0.717, 1.165) is 5.56 Å². The van der Waals surface area contributed by atoms with Gasteiger partial charge in [-0.15, -0.1) is 11.8 Å². The van der Waals surface area contributed by atoms with E-state index in [1.165, 1.54) is 18.9 Å². The van der Waals surface area contributed by atoms with E-state index in [1.54, 1.807) is 18.4 Å². The molecule has 1 aromatic carbocycles. The molecule has 0 radical (unpaired) electrons. The molecule has 0 unspecified atom stereocenters. The average molecular weight is 305 g/mol. The summed E-state index contributed by atoms with van der Waals surface area (Å²) in [7, 11) is 1.28. The number of nitrogens with zero attached hydrogens (tertiary/aromatic N) is 1. The Morgan fingerprint density at radius 3 is 2.52 bits per heavy atom. The third-order valence-corrected chi connectivity index (χ3v) is 3.55. The average Bonchev–Trinajstić information content (AvgIpc) is 2.89. The second-order valence-electron chi connectivity index (χ2n) is 4.29. The number of H-pyrrole nitrogens is 1. The minimum absolute atomic E-state index is 0.227. The summed E-state index contributed by atoms with van der Waals surface area (Å²) in [5.74, 6) is -0.638. The van der Waals surface area contributed by atoms with E-state index in [9.17, 15) is 9.59 Å². The zero-order valence-electron chi connectivity index (χ0n) is 11.9. The molecule has 6 nitrogen and oxygen atoms in total. The first-order chi connectivity index (χ1) is 10.1. The fraction of sp³-hybridized carbons (Fsp3) is 0.214. The number of ether oxygens (including phenoxy) is 1. The molecule has 21 heavy (non-hydrogen) atoms. The van der Waals surface area contributed by atoms with Crippen LogP contribution in [0.25, 0.3) is 0 Å². The van der Waals surface area contributed by atoms with Crippen LogP contribution in [0.15, 0.2) is 29.3 Å². The van der Waals surface area contributed by atoms with Crippen molar-refractivity contribution in [3.05, 3.63) is 41.0 Å². The fourth-order valence-electron chi connectivity index (χ4n) is 1.75. The number of amides is 1. The Hall–Kier alpha value is -2.28. The summed E-state index contributed by atoms with van der Waals surface area (Å²) in [4.78, 5) is 24.0. The number of hydrogen-bond acceptors (Lipinski definition) is 5. The first-order valence-corrected chi connectivity index (χ1v) is 7.38. The molecule has 1 amide bonds. The number of aromatic nitrogens is 2. The molecule has 7 heteroatoms. The van der Waals surface area contributed by atoms with Gasteiger partial charge < -0.3 is 10.1 Å². The Bertz CT molecular complexity index is 665. The summed E-state index contributed by atoms with van der Waals surface area (Å²) in [6, 6.07) is 7.12. The van der Waals surface area contributed by atoms with Crippen LogP contribution in [0.2, 0.25) is 0 Å². The van der Waals surface area contributed by atoms with E-state index < -0.39 is 5.97 Å². The molecule has 110 valence electrons. The van der Waals surface area contributed by atoms with Gasteiger partial charge in [0.15, 0.2) is 0 Å². The van der Waals surface area contributed by atoms with Crippen LogP contribution in [0, 0.1) is 6.92 Å². The predicted octanol–water partition coefficient (Wildman–Crippen LogP) is 2.48. The van der Waals surface area contributed by atoms with Crippen molar-refractivity contribution in [2.45, 2.75) is 11.9 Å². The van der Waals surface area contributed by atoms with Gasteiger partial charge in [-0.1, -0.05) is 17.7 Å². The van der Waals surface area contributed by atoms with Gasteiger partial charge in [0.05, 0.1) is 7.11 Å². The Kier molecular flexibility index (Phi) is 4.64. The van der Waals surface area contributed by atoms with Crippen LogP contribution in [0.4, 0.5) is 5.82 Å². The van der Waals surface area contributed by atoms with E-state index in [4.69, 9.17) is 4.74 Å². The van der Waals surface area contributed by atoms with Crippen LogP contribution in [0.3, 0.4) is 0 Å². The number of carbonyl (C=O) groups excluding carboxylic acids is 2. The van der Waals surface area contributed by atoms with Crippen molar-refractivity contribution in [1.29, 1.82) is 0 Å². The number of rotatable bonds is 4. The zero-order valence-corrected chi connectivity index (χ0v) is 12.7. The maximum absolute atomic E-state index is 12.2. The number of methoxy groups -OCH3 is 1. The number of nitrogens with one attached hydrogen (secondary N) is 2. The lowest BCUT2D eigenvalue weighted by atomic mass is 10.1. The van der Waals surface area contributed by atoms with Gasteiger partial charge in [0.2, 0.25) is 0 Å².